The Kier molecular flexibility index (Phi) is 13.6. The molecule has 2 rings (SSSR count). The summed E-state index contributed by atoms with van der Waals surface area (Å²) < 4.78 is 25.2. The monoisotopic (exact) mass is 457 g/mol. The number of benzene rings is 1. The van der Waals surface area contributed by atoms with Crippen LogP contribution in [0.3, 0.4) is 0 Å². The van der Waals surface area contributed by atoms with Crippen molar-refractivity contribution in [1.29, 1.82) is 0 Å². The van der Waals surface area contributed by atoms with Gasteiger partial charge in [-0.05, 0) is 55.2 Å². The predicted octanol–water partition coefficient (Wildman–Crippen LogP) is 8.81. The lowest BCUT2D eigenvalue weighted by Gasteiger charge is -2.12. The molecule has 4 heteroatoms. The first-order chi connectivity index (χ1) is 16.1. The normalized spacial score (nSPS) is 12.2. The van der Waals surface area contributed by atoms with Crippen LogP contribution in [-0.2, 0) is 0 Å². The molecule has 33 heavy (non-hydrogen) atoms. The van der Waals surface area contributed by atoms with Crippen LogP contribution >= 0.6 is 0 Å². The standard InChI is InChI=1S/C29H44FNO2/c1-4-5-6-7-8-9-10-11-12-13-20-32-27-16-14-25(15-17-27)29-19-18-28(22-31-29)33-23-26(30)21-24(2)3/h14-19,22,24,26H,4-13,20-21,23H2,1-3H3. The highest BCUT2D eigenvalue weighted by Gasteiger charge is 2.10. The number of hydrogen-bond acceptors (Lipinski definition) is 3. The first-order valence-electron chi connectivity index (χ1n) is 13.0. The summed E-state index contributed by atoms with van der Waals surface area (Å²) in [5.74, 6) is 1.82. The summed E-state index contributed by atoms with van der Waals surface area (Å²) in [6.07, 6.45) is 14.5. The molecule has 0 saturated heterocycles. The quantitative estimate of drug-likeness (QED) is 0.210. The first-order valence-corrected chi connectivity index (χ1v) is 13.0. The van der Waals surface area contributed by atoms with E-state index in [0.717, 1.165) is 30.0 Å². The van der Waals surface area contributed by atoms with E-state index in [1.54, 1.807) is 6.20 Å². The number of pyridine rings is 1. The number of alkyl halides is 1. The molecule has 0 aliphatic rings. The summed E-state index contributed by atoms with van der Waals surface area (Å²) >= 11 is 0. The fraction of sp³-hybridized carbons (Fsp3) is 0.621. The second-order valence-corrected chi connectivity index (χ2v) is 9.47. The van der Waals surface area contributed by atoms with E-state index in [0.29, 0.717) is 18.1 Å². The van der Waals surface area contributed by atoms with Gasteiger partial charge >= 0.3 is 0 Å². The SMILES string of the molecule is CCCCCCCCCCCCOc1ccc(-c2ccc(OCC(F)CC(C)C)cn2)cc1. The number of ether oxygens (including phenoxy) is 2. The number of hydrogen-bond donors (Lipinski definition) is 0. The molecule has 0 aliphatic carbocycles. The van der Waals surface area contributed by atoms with Gasteiger partial charge in [0.05, 0.1) is 18.5 Å². The summed E-state index contributed by atoms with van der Waals surface area (Å²) in [5.41, 5.74) is 1.89. The molecule has 0 aliphatic heterocycles. The highest BCUT2D eigenvalue weighted by Crippen LogP contribution is 2.23. The van der Waals surface area contributed by atoms with Gasteiger partial charge in [-0.2, -0.15) is 0 Å². The second-order valence-electron chi connectivity index (χ2n) is 9.47. The van der Waals surface area contributed by atoms with Gasteiger partial charge in [-0.1, -0.05) is 78.6 Å². The number of halogens is 1. The van der Waals surface area contributed by atoms with Crippen LogP contribution in [0.5, 0.6) is 11.5 Å². The molecule has 0 bridgehead atoms. The molecule has 184 valence electrons. The molecule has 2 aromatic rings. The Morgan fingerprint density at radius 3 is 1.94 bits per heavy atom. The third-order valence-corrected chi connectivity index (χ3v) is 5.81. The molecule has 1 unspecified atom stereocenters. The highest BCUT2D eigenvalue weighted by atomic mass is 19.1. The summed E-state index contributed by atoms with van der Waals surface area (Å²) in [6, 6.07) is 11.8. The van der Waals surface area contributed by atoms with Crippen LogP contribution in [0.15, 0.2) is 42.6 Å². The van der Waals surface area contributed by atoms with E-state index in [4.69, 9.17) is 9.47 Å². The maximum absolute atomic E-state index is 13.8. The fourth-order valence-corrected chi connectivity index (χ4v) is 3.90. The molecule has 0 spiro atoms. The van der Waals surface area contributed by atoms with E-state index in [9.17, 15) is 4.39 Å². The molecule has 1 atom stereocenters. The second kappa shape index (κ2) is 16.5. The van der Waals surface area contributed by atoms with Crippen molar-refractivity contribution >= 4 is 0 Å². The van der Waals surface area contributed by atoms with E-state index in [-0.39, 0.29) is 6.61 Å². The summed E-state index contributed by atoms with van der Waals surface area (Å²) in [7, 11) is 0. The Balaban J connectivity index is 1.61. The van der Waals surface area contributed by atoms with Crippen LogP contribution in [0, 0.1) is 5.92 Å². The molecule has 1 aromatic heterocycles. The lowest BCUT2D eigenvalue weighted by molar-refractivity contribution is 0.173. The Morgan fingerprint density at radius 2 is 1.36 bits per heavy atom. The lowest BCUT2D eigenvalue weighted by atomic mass is 10.1. The zero-order valence-corrected chi connectivity index (χ0v) is 21.0. The van der Waals surface area contributed by atoms with Crippen molar-refractivity contribution in [3.63, 3.8) is 0 Å². The minimum atomic E-state index is -0.947. The zero-order chi connectivity index (χ0) is 23.7. The molecule has 3 nitrogen and oxygen atoms in total. The topological polar surface area (TPSA) is 31.4 Å². The summed E-state index contributed by atoms with van der Waals surface area (Å²) in [5, 5.41) is 0. The van der Waals surface area contributed by atoms with Gasteiger partial charge in [0.25, 0.3) is 0 Å². The number of unbranched alkanes of at least 4 members (excludes halogenated alkanes) is 9. The average Bonchev–Trinajstić information content (AvgIpc) is 2.81. The number of nitrogens with zero attached hydrogens (tertiary/aromatic N) is 1. The van der Waals surface area contributed by atoms with Crippen LogP contribution in [0.25, 0.3) is 11.3 Å². The van der Waals surface area contributed by atoms with E-state index < -0.39 is 6.17 Å². The molecular formula is C29H44FNO2. The van der Waals surface area contributed by atoms with Crippen molar-refractivity contribution in [2.45, 2.75) is 97.6 Å². The van der Waals surface area contributed by atoms with Gasteiger partial charge in [-0.15, -0.1) is 0 Å². The van der Waals surface area contributed by atoms with Crippen LogP contribution in [0.2, 0.25) is 0 Å². The van der Waals surface area contributed by atoms with Crippen molar-refractivity contribution in [3.8, 4) is 22.8 Å². The first kappa shape index (κ1) is 27.1. The molecule has 1 aromatic carbocycles. The van der Waals surface area contributed by atoms with E-state index in [2.05, 4.69) is 11.9 Å². The van der Waals surface area contributed by atoms with Crippen molar-refractivity contribution in [2.75, 3.05) is 13.2 Å². The Morgan fingerprint density at radius 1 is 0.758 bits per heavy atom. The fourth-order valence-electron chi connectivity index (χ4n) is 3.90. The van der Waals surface area contributed by atoms with Crippen molar-refractivity contribution in [2.24, 2.45) is 5.92 Å². The van der Waals surface area contributed by atoms with E-state index >= 15 is 0 Å². The third kappa shape index (κ3) is 12.1. The minimum Gasteiger partial charge on any atom is -0.494 e. The molecule has 0 N–H and O–H groups in total. The average molecular weight is 458 g/mol. The molecule has 0 saturated carbocycles. The van der Waals surface area contributed by atoms with Gasteiger partial charge in [-0.25, -0.2) is 4.39 Å². The summed E-state index contributed by atoms with van der Waals surface area (Å²) in [4.78, 5) is 4.46. The van der Waals surface area contributed by atoms with E-state index in [1.807, 2.05) is 50.2 Å². The minimum absolute atomic E-state index is 0.0737. The van der Waals surface area contributed by atoms with Gasteiger partial charge < -0.3 is 9.47 Å². The lowest BCUT2D eigenvalue weighted by Crippen LogP contribution is -2.15. The Labute approximate surface area is 201 Å². The van der Waals surface area contributed by atoms with Gasteiger partial charge in [-0.3, -0.25) is 4.98 Å². The third-order valence-electron chi connectivity index (χ3n) is 5.81. The summed E-state index contributed by atoms with van der Waals surface area (Å²) in [6.45, 7) is 7.13. The zero-order valence-electron chi connectivity index (χ0n) is 21.0. The van der Waals surface area contributed by atoms with Gasteiger partial charge in [0.2, 0.25) is 0 Å². The van der Waals surface area contributed by atoms with Gasteiger partial charge in [0, 0.05) is 5.56 Å². The molecule has 1 heterocycles. The molecule has 0 radical (unpaired) electrons. The Hall–Kier alpha value is -2.10. The largest absolute Gasteiger partial charge is 0.494 e. The van der Waals surface area contributed by atoms with Crippen LogP contribution in [-0.4, -0.2) is 24.4 Å². The predicted molar refractivity (Wildman–Crippen MR) is 137 cm³/mol. The highest BCUT2D eigenvalue weighted by molar-refractivity contribution is 5.60. The number of aromatic nitrogens is 1. The van der Waals surface area contributed by atoms with Crippen LogP contribution in [0.1, 0.15) is 91.4 Å². The van der Waals surface area contributed by atoms with Crippen molar-refractivity contribution < 1.29 is 13.9 Å². The van der Waals surface area contributed by atoms with Gasteiger partial charge in [0.15, 0.2) is 0 Å². The number of rotatable bonds is 18. The molecule has 0 amide bonds. The van der Waals surface area contributed by atoms with Crippen molar-refractivity contribution in [1.82, 2.24) is 4.98 Å². The molecular weight excluding hydrogens is 413 g/mol. The maximum Gasteiger partial charge on any atom is 0.137 e. The van der Waals surface area contributed by atoms with Crippen molar-refractivity contribution in [3.05, 3.63) is 42.6 Å². The van der Waals surface area contributed by atoms with E-state index in [1.165, 1.54) is 57.8 Å². The Bertz CT molecular complexity index is 730. The maximum atomic E-state index is 13.8. The molecule has 0 fully saturated rings. The smallest absolute Gasteiger partial charge is 0.137 e. The van der Waals surface area contributed by atoms with Crippen LogP contribution < -0.4 is 9.47 Å². The van der Waals surface area contributed by atoms with Crippen LogP contribution in [0.4, 0.5) is 4.39 Å². The van der Waals surface area contributed by atoms with Gasteiger partial charge in [0.1, 0.15) is 24.3 Å².